The van der Waals surface area contributed by atoms with E-state index in [2.05, 4.69) is 13.2 Å². The van der Waals surface area contributed by atoms with Crippen LogP contribution in [0, 0.1) is 0 Å². The van der Waals surface area contributed by atoms with E-state index in [0.717, 1.165) is 0 Å². The van der Waals surface area contributed by atoms with Gasteiger partial charge in [0, 0.05) is 0 Å². The first kappa shape index (κ1) is 8.79. The fourth-order valence-corrected chi connectivity index (χ4v) is 2.55. The summed E-state index contributed by atoms with van der Waals surface area (Å²) in [6.45, 7) is 6.90. The SMILES string of the molecule is C=C[SiH](C=C)O[SiH](O)O. The molecule has 0 aliphatic rings. The fraction of sp³-hybridized carbons (Fsp3) is 0. The van der Waals surface area contributed by atoms with E-state index >= 15 is 0 Å². The van der Waals surface area contributed by atoms with Crippen LogP contribution >= 0.6 is 0 Å². The molecule has 0 atom stereocenters. The Hall–Kier alpha value is -0.206. The predicted octanol–water partition coefficient (Wildman–Crippen LogP) is -1.12. The van der Waals surface area contributed by atoms with Gasteiger partial charge in [-0.3, -0.25) is 0 Å². The molecule has 3 nitrogen and oxygen atoms in total. The van der Waals surface area contributed by atoms with Gasteiger partial charge in [0.05, 0.1) is 0 Å². The van der Waals surface area contributed by atoms with Gasteiger partial charge >= 0.3 is 9.53 Å². The number of hydrogen-bond acceptors (Lipinski definition) is 3. The molecular weight excluding hydrogens is 152 g/mol. The number of rotatable bonds is 4. The average molecular weight is 162 g/mol. The van der Waals surface area contributed by atoms with Crippen LogP contribution in [0.15, 0.2) is 24.6 Å². The lowest BCUT2D eigenvalue weighted by atomic mass is 11.2. The van der Waals surface area contributed by atoms with E-state index in [4.69, 9.17) is 13.7 Å². The van der Waals surface area contributed by atoms with Crippen molar-refractivity contribution >= 4 is 18.6 Å². The van der Waals surface area contributed by atoms with E-state index in [1.54, 1.807) is 11.4 Å². The summed E-state index contributed by atoms with van der Waals surface area (Å²) in [6.07, 6.45) is 0. The van der Waals surface area contributed by atoms with Crippen molar-refractivity contribution in [3.8, 4) is 0 Å². The third kappa shape index (κ3) is 4.31. The second-order valence-electron chi connectivity index (χ2n) is 1.40. The Morgan fingerprint density at radius 3 is 1.78 bits per heavy atom. The van der Waals surface area contributed by atoms with Gasteiger partial charge in [-0.05, 0) is 0 Å². The van der Waals surface area contributed by atoms with Crippen LogP contribution in [0.1, 0.15) is 0 Å². The second kappa shape index (κ2) is 4.65. The summed E-state index contributed by atoms with van der Waals surface area (Å²) in [5.41, 5.74) is 3.17. The van der Waals surface area contributed by atoms with Crippen molar-refractivity contribution in [1.29, 1.82) is 0 Å². The molecule has 0 fully saturated rings. The first-order valence-electron chi connectivity index (χ1n) is 2.47. The molecule has 0 saturated heterocycles. The zero-order chi connectivity index (χ0) is 7.28. The Kier molecular flexibility index (Phi) is 4.55. The summed E-state index contributed by atoms with van der Waals surface area (Å²) < 4.78 is 4.70. The minimum Gasteiger partial charge on any atom is -0.413 e. The molecule has 0 amide bonds. The van der Waals surface area contributed by atoms with E-state index in [-0.39, 0.29) is 0 Å². The van der Waals surface area contributed by atoms with Gasteiger partial charge in [0.2, 0.25) is 9.04 Å². The molecule has 52 valence electrons. The first-order valence-corrected chi connectivity index (χ1v) is 5.78. The fourth-order valence-electron chi connectivity index (χ4n) is 0.348. The van der Waals surface area contributed by atoms with Gasteiger partial charge in [-0.15, -0.1) is 13.2 Å². The van der Waals surface area contributed by atoms with Crippen molar-refractivity contribution in [2.75, 3.05) is 0 Å². The highest BCUT2D eigenvalue weighted by atomic mass is 28.4. The summed E-state index contributed by atoms with van der Waals surface area (Å²) in [6, 6.07) is 0. The van der Waals surface area contributed by atoms with Gasteiger partial charge in [0.15, 0.2) is 0 Å². The minimum absolute atomic E-state index is 1.58. The molecule has 2 N–H and O–H groups in total. The molecule has 0 aromatic carbocycles. The smallest absolute Gasteiger partial charge is 0.413 e. The van der Waals surface area contributed by atoms with E-state index in [0.29, 0.717) is 0 Å². The van der Waals surface area contributed by atoms with Crippen molar-refractivity contribution in [3.63, 3.8) is 0 Å². The summed E-state index contributed by atoms with van der Waals surface area (Å²) in [7, 11) is -4.50. The highest BCUT2D eigenvalue weighted by Crippen LogP contribution is 1.87. The standard InChI is InChI=1S/C4H10O3Si2/c1-3-8(4-2)7-9(5)6/h3-6,8-9H,1-2H2. The maximum Gasteiger partial charge on any atom is 0.468 e. The van der Waals surface area contributed by atoms with Gasteiger partial charge in [0.25, 0.3) is 0 Å². The Bertz CT molecular complexity index is 96.0. The van der Waals surface area contributed by atoms with E-state index in [1.165, 1.54) is 0 Å². The van der Waals surface area contributed by atoms with E-state index < -0.39 is 18.6 Å². The van der Waals surface area contributed by atoms with Crippen LogP contribution in [0.3, 0.4) is 0 Å². The molecule has 0 aromatic rings. The molecule has 0 rings (SSSR count). The van der Waals surface area contributed by atoms with Crippen LogP contribution in [0.25, 0.3) is 0 Å². The van der Waals surface area contributed by atoms with Gasteiger partial charge in [0.1, 0.15) is 0 Å². The zero-order valence-electron chi connectivity index (χ0n) is 5.03. The van der Waals surface area contributed by atoms with Crippen molar-refractivity contribution in [2.45, 2.75) is 0 Å². The Labute approximate surface area is 57.6 Å². The lowest BCUT2D eigenvalue weighted by Crippen LogP contribution is -2.26. The molecule has 5 heteroatoms. The van der Waals surface area contributed by atoms with Crippen LogP contribution in [0.2, 0.25) is 0 Å². The molecule has 0 saturated carbocycles. The van der Waals surface area contributed by atoms with Crippen LogP contribution in [0.5, 0.6) is 0 Å². The lowest BCUT2D eigenvalue weighted by Gasteiger charge is -2.06. The molecule has 0 heterocycles. The summed E-state index contributed by atoms with van der Waals surface area (Å²) in [5.74, 6) is 0. The van der Waals surface area contributed by atoms with E-state index in [1.807, 2.05) is 0 Å². The topological polar surface area (TPSA) is 49.7 Å². The molecule has 0 unspecified atom stereocenters. The highest BCUT2D eigenvalue weighted by Gasteiger charge is 2.08. The van der Waals surface area contributed by atoms with Crippen molar-refractivity contribution in [3.05, 3.63) is 24.6 Å². The molecule has 0 spiro atoms. The minimum atomic E-state index is -2.84. The quantitative estimate of drug-likeness (QED) is 0.515. The Balaban J connectivity index is 3.55. The van der Waals surface area contributed by atoms with Crippen LogP contribution in [0.4, 0.5) is 0 Å². The number of hydrogen-bond donors (Lipinski definition) is 2. The summed E-state index contributed by atoms with van der Waals surface area (Å²) in [5, 5.41) is 0. The molecular formula is C4H10O3Si2. The van der Waals surface area contributed by atoms with Gasteiger partial charge < -0.3 is 13.7 Å². The zero-order valence-corrected chi connectivity index (χ0v) is 7.34. The summed E-state index contributed by atoms with van der Waals surface area (Å²) >= 11 is 0. The Morgan fingerprint density at radius 1 is 1.22 bits per heavy atom. The molecule has 0 aliphatic heterocycles. The van der Waals surface area contributed by atoms with Crippen molar-refractivity contribution in [1.82, 2.24) is 0 Å². The maximum absolute atomic E-state index is 8.40. The average Bonchev–Trinajstić information content (AvgIpc) is 1.82. The van der Waals surface area contributed by atoms with Crippen LogP contribution in [-0.4, -0.2) is 28.2 Å². The van der Waals surface area contributed by atoms with E-state index in [9.17, 15) is 0 Å². The van der Waals surface area contributed by atoms with Crippen LogP contribution in [-0.2, 0) is 4.12 Å². The second-order valence-corrected chi connectivity index (χ2v) is 5.01. The molecule has 0 aromatic heterocycles. The maximum atomic E-state index is 8.40. The van der Waals surface area contributed by atoms with Gasteiger partial charge in [-0.25, -0.2) is 0 Å². The monoisotopic (exact) mass is 162 g/mol. The van der Waals surface area contributed by atoms with Crippen molar-refractivity contribution in [2.24, 2.45) is 0 Å². The predicted molar refractivity (Wildman–Crippen MR) is 40.2 cm³/mol. The molecule has 0 radical (unpaired) electrons. The molecule has 9 heavy (non-hydrogen) atoms. The third-order valence-corrected chi connectivity index (χ3v) is 3.90. The van der Waals surface area contributed by atoms with Gasteiger partial charge in [-0.2, -0.15) is 0 Å². The largest absolute Gasteiger partial charge is 0.468 e. The lowest BCUT2D eigenvalue weighted by molar-refractivity contribution is 0.293. The first-order chi connectivity index (χ1) is 4.20. The Morgan fingerprint density at radius 2 is 1.67 bits per heavy atom. The summed E-state index contributed by atoms with van der Waals surface area (Å²) in [4.78, 5) is 16.8. The highest BCUT2D eigenvalue weighted by molar-refractivity contribution is 6.68. The third-order valence-electron chi connectivity index (χ3n) is 0.743. The molecule has 0 bridgehead atoms. The normalized spacial score (nSPS) is 10.2. The molecule has 0 aliphatic carbocycles. The van der Waals surface area contributed by atoms with Crippen LogP contribution < -0.4 is 0 Å². The van der Waals surface area contributed by atoms with Crippen molar-refractivity contribution < 1.29 is 13.7 Å². The van der Waals surface area contributed by atoms with Gasteiger partial charge in [-0.1, -0.05) is 11.4 Å².